The minimum Gasteiger partial charge on any atom is -0.477 e. The highest BCUT2D eigenvalue weighted by Crippen LogP contribution is 2.15. The number of carbonyl (C=O) groups is 1. The van der Waals surface area contributed by atoms with Gasteiger partial charge in [-0.15, -0.1) is 0 Å². The summed E-state index contributed by atoms with van der Waals surface area (Å²) in [6.07, 6.45) is 0. The van der Waals surface area contributed by atoms with Crippen LogP contribution in [0.2, 0.25) is 0 Å². The minimum atomic E-state index is -1.00. The normalized spacial score (nSPS) is 10.2. The quantitative estimate of drug-likeness (QED) is 0.913. The van der Waals surface area contributed by atoms with Crippen LogP contribution in [0.4, 0.5) is 5.69 Å². The van der Waals surface area contributed by atoms with Crippen LogP contribution < -0.4 is 4.90 Å². The van der Waals surface area contributed by atoms with E-state index in [4.69, 9.17) is 5.11 Å². The number of hydrogen-bond donors (Lipinski definition) is 1. The molecule has 4 heteroatoms. The van der Waals surface area contributed by atoms with Gasteiger partial charge in [0, 0.05) is 12.7 Å². The molecular weight excluding hydrogens is 240 g/mol. The topological polar surface area (TPSA) is 53.4 Å². The Kier molecular flexibility index (Phi) is 3.80. The smallest absolute Gasteiger partial charge is 0.354 e. The fourth-order valence-corrected chi connectivity index (χ4v) is 1.82. The molecule has 98 valence electrons. The van der Waals surface area contributed by atoms with Gasteiger partial charge in [0.15, 0.2) is 0 Å². The summed E-state index contributed by atoms with van der Waals surface area (Å²) < 4.78 is 0. The van der Waals surface area contributed by atoms with Crippen molar-refractivity contribution in [1.29, 1.82) is 0 Å². The van der Waals surface area contributed by atoms with E-state index in [0.717, 1.165) is 11.4 Å². The number of rotatable bonds is 4. The molecule has 2 aromatic rings. The molecule has 1 aromatic carbocycles. The number of nitrogens with zero attached hydrogens (tertiary/aromatic N) is 2. The van der Waals surface area contributed by atoms with Crippen LogP contribution in [-0.4, -0.2) is 23.1 Å². The highest BCUT2D eigenvalue weighted by molar-refractivity contribution is 5.85. The Morgan fingerprint density at radius 1 is 1.21 bits per heavy atom. The Morgan fingerprint density at radius 2 is 1.89 bits per heavy atom. The van der Waals surface area contributed by atoms with Gasteiger partial charge in [0.05, 0.1) is 12.2 Å². The van der Waals surface area contributed by atoms with Crippen LogP contribution in [0.25, 0.3) is 0 Å². The summed E-state index contributed by atoms with van der Waals surface area (Å²) in [4.78, 5) is 17.0. The minimum absolute atomic E-state index is 0.0785. The van der Waals surface area contributed by atoms with Crippen LogP contribution in [0.3, 0.4) is 0 Å². The van der Waals surface area contributed by atoms with E-state index in [1.807, 2.05) is 49.2 Å². The maximum Gasteiger partial charge on any atom is 0.354 e. The van der Waals surface area contributed by atoms with Gasteiger partial charge in [0.1, 0.15) is 5.69 Å². The first-order chi connectivity index (χ1) is 9.06. The van der Waals surface area contributed by atoms with E-state index in [2.05, 4.69) is 4.98 Å². The van der Waals surface area contributed by atoms with E-state index in [-0.39, 0.29) is 5.69 Å². The average Bonchev–Trinajstić information content (AvgIpc) is 2.39. The summed E-state index contributed by atoms with van der Waals surface area (Å²) >= 11 is 0. The molecule has 0 aliphatic carbocycles. The van der Waals surface area contributed by atoms with E-state index in [9.17, 15) is 4.79 Å². The van der Waals surface area contributed by atoms with Crippen molar-refractivity contribution < 1.29 is 9.90 Å². The molecule has 0 aliphatic heterocycles. The molecule has 2 rings (SSSR count). The summed E-state index contributed by atoms with van der Waals surface area (Å²) in [5.41, 5.74) is 3.11. The first-order valence-corrected chi connectivity index (χ1v) is 6.03. The van der Waals surface area contributed by atoms with Gasteiger partial charge in [0.25, 0.3) is 0 Å². The van der Waals surface area contributed by atoms with Gasteiger partial charge in [-0.05, 0) is 31.2 Å². The number of benzene rings is 1. The zero-order chi connectivity index (χ0) is 13.8. The van der Waals surface area contributed by atoms with Crippen LogP contribution in [0.1, 0.15) is 21.7 Å². The predicted molar refractivity (Wildman–Crippen MR) is 74.5 cm³/mol. The van der Waals surface area contributed by atoms with Crippen molar-refractivity contribution in [2.24, 2.45) is 0 Å². The molecule has 0 amide bonds. The zero-order valence-electron chi connectivity index (χ0n) is 11.0. The van der Waals surface area contributed by atoms with Gasteiger partial charge in [-0.3, -0.25) is 0 Å². The molecule has 1 aromatic heterocycles. The molecule has 1 N–H and O–H groups in total. The van der Waals surface area contributed by atoms with Crippen molar-refractivity contribution in [1.82, 2.24) is 4.98 Å². The second-order valence-electron chi connectivity index (χ2n) is 4.51. The van der Waals surface area contributed by atoms with E-state index in [0.29, 0.717) is 6.54 Å². The fraction of sp³-hybridized carbons (Fsp3) is 0.200. The summed E-state index contributed by atoms with van der Waals surface area (Å²) in [6, 6.07) is 13.2. The van der Waals surface area contributed by atoms with E-state index in [1.165, 1.54) is 11.6 Å². The summed E-state index contributed by atoms with van der Waals surface area (Å²) in [7, 11) is 1.96. The maximum atomic E-state index is 10.9. The SMILES string of the molecule is Cc1ccc(N(C)Cc2cccc(C(=O)O)n2)cc1. The molecule has 0 fully saturated rings. The lowest BCUT2D eigenvalue weighted by Crippen LogP contribution is -2.17. The van der Waals surface area contributed by atoms with E-state index >= 15 is 0 Å². The Bertz CT molecular complexity index is 579. The average molecular weight is 256 g/mol. The van der Waals surface area contributed by atoms with Crippen LogP contribution in [0.15, 0.2) is 42.5 Å². The van der Waals surface area contributed by atoms with Crippen molar-refractivity contribution in [3.8, 4) is 0 Å². The third kappa shape index (κ3) is 3.31. The van der Waals surface area contributed by atoms with Crippen molar-refractivity contribution in [2.45, 2.75) is 13.5 Å². The lowest BCUT2D eigenvalue weighted by molar-refractivity contribution is 0.0690. The fourth-order valence-electron chi connectivity index (χ4n) is 1.82. The molecule has 1 heterocycles. The van der Waals surface area contributed by atoms with Crippen LogP contribution in [0, 0.1) is 6.92 Å². The first kappa shape index (κ1) is 13.1. The Hall–Kier alpha value is -2.36. The lowest BCUT2D eigenvalue weighted by atomic mass is 10.2. The number of aromatic nitrogens is 1. The van der Waals surface area contributed by atoms with Crippen LogP contribution in [-0.2, 0) is 6.54 Å². The number of anilines is 1. The molecule has 0 aliphatic rings. The number of carboxylic acid groups (broad SMARTS) is 1. The molecule has 0 saturated carbocycles. The molecule has 19 heavy (non-hydrogen) atoms. The molecule has 0 unspecified atom stereocenters. The molecule has 0 saturated heterocycles. The molecular formula is C15H16N2O2. The number of hydrogen-bond acceptors (Lipinski definition) is 3. The number of carboxylic acids is 1. The Balaban J connectivity index is 2.14. The summed E-state index contributed by atoms with van der Waals surface area (Å²) in [5.74, 6) is -1.00. The van der Waals surface area contributed by atoms with Gasteiger partial charge in [0.2, 0.25) is 0 Å². The monoisotopic (exact) mass is 256 g/mol. The summed E-state index contributed by atoms with van der Waals surface area (Å²) in [5, 5.41) is 8.91. The number of aromatic carboxylic acids is 1. The first-order valence-electron chi connectivity index (χ1n) is 6.03. The lowest BCUT2D eigenvalue weighted by Gasteiger charge is -2.19. The maximum absolute atomic E-state index is 10.9. The molecule has 0 spiro atoms. The predicted octanol–water partition coefficient (Wildman–Crippen LogP) is 2.72. The van der Waals surface area contributed by atoms with Crippen LogP contribution in [0.5, 0.6) is 0 Å². The van der Waals surface area contributed by atoms with E-state index < -0.39 is 5.97 Å². The summed E-state index contributed by atoms with van der Waals surface area (Å²) in [6.45, 7) is 2.62. The van der Waals surface area contributed by atoms with Crippen molar-refractivity contribution >= 4 is 11.7 Å². The second kappa shape index (κ2) is 5.52. The van der Waals surface area contributed by atoms with Gasteiger partial charge < -0.3 is 10.0 Å². The zero-order valence-corrected chi connectivity index (χ0v) is 11.0. The third-order valence-electron chi connectivity index (χ3n) is 2.90. The third-order valence-corrected chi connectivity index (χ3v) is 2.90. The second-order valence-corrected chi connectivity index (χ2v) is 4.51. The van der Waals surface area contributed by atoms with Crippen molar-refractivity contribution in [3.05, 3.63) is 59.4 Å². The molecule has 0 atom stereocenters. The molecule has 0 radical (unpaired) electrons. The number of aryl methyl sites for hydroxylation is 1. The van der Waals surface area contributed by atoms with Crippen molar-refractivity contribution in [2.75, 3.05) is 11.9 Å². The number of pyridine rings is 1. The standard InChI is InChI=1S/C15H16N2O2/c1-11-6-8-13(9-7-11)17(2)10-12-4-3-5-14(16-12)15(18)19/h3-9H,10H2,1-2H3,(H,18,19). The van der Waals surface area contributed by atoms with Crippen molar-refractivity contribution in [3.63, 3.8) is 0 Å². The van der Waals surface area contributed by atoms with Gasteiger partial charge in [-0.25, -0.2) is 9.78 Å². The Labute approximate surface area is 112 Å². The molecule has 4 nitrogen and oxygen atoms in total. The van der Waals surface area contributed by atoms with E-state index in [1.54, 1.807) is 6.07 Å². The van der Waals surface area contributed by atoms with Gasteiger partial charge in [-0.1, -0.05) is 23.8 Å². The molecule has 0 bridgehead atoms. The highest BCUT2D eigenvalue weighted by Gasteiger charge is 2.07. The van der Waals surface area contributed by atoms with Gasteiger partial charge >= 0.3 is 5.97 Å². The Morgan fingerprint density at radius 3 is 2.53 bits per heavy atom. The highest BCUT2D eigenvalue weighted by atomic mass is 16.4. The van der Waals surface area contributed by atoms with Crippen LogP contribution >= 0.6 is 0 Å². The van der Waals surface area contributed by atoms with Gasteiger partial charge in [-0.2, -0.15) is 0 Å². The largest absolute Gasteiger partial charge is 0.477 e.